The Labute approximate surface area is 159 Å². The Balaban J connectivity index is 1.59. The van der Waals surface area contributed by atoms with Crippen LogP contribution in [-0.4, -0.2) is 57.9 Å². The molecule has 2 N–H and O–H groups in total. The zero-order valence-electron chi connectivity index (χ0n) is 14.4. The zero-order valence-corrected chi connectivity index (χ0v) is 15.2. The van der Waals surface area contributed by atoms with Crippen molar-refractivity contribution < 1.29 is 18.7 Å². The summed E-state index contributed by atoms with van der Waals surface area (Å²) in [5.74, 6) is -0.111. The lowest BCUT2D eigenvalue weighted by Crippen LogP contribution is -2.31. The Hall–Kier alpha value is -3.14. The number of hydrogen-bond donors (Lipinski definition) is 2. The molecule has 142 valence electrons. The highest BCUT2D eigenvalue weighted by atomic mass is 35.5. The third kappa shape index (κ3) is 4.34. The summed E-state index contributed by atoms with van der Waals surface area (Å²) in [5.41, 5.74) is 0. The number of nitrogens with one attached hydrogen (secondary N) is 2. The monoisotopic (exact) mass is 392 g/mol. The SMILES string of the molecule is C=CC(=O)Nc1ncc(C(=O)N2CC[C@@H](Nc3ncc(Cl)c(OC)n3)C2)o1. The summed E-state index contributed by atoms with van der Waals surface area (Å²) in [6.45, 7) is 4.29. The van der Waals surface area contributed by atoms with Gasteiger partial charge in [0, 0.05) is 19.1 Å². The van der Waals surface area contributed by atoms with Crippen molar-refractivity contribution in [3.63, 3.8) is 0 Å². The average Bonchev–Trinajstić information content (AvgIpc) is 3.32. The van der Waals surface area contributed by atoms with Crippen LogP contribution in [-0.2, 0) is 4.79 Å². The molecule has 0 spiro atoms. The quantitative estimate of drug-likeness (QED) is 0.710. The summed E-state index contributed by atoms with van der Waals surface area (Å²) >= 11 is 5.91. The fraction of sp³-hybridized carbons (Fsp3) is 0.312. The van der Waals surface area contributed by atoms with Crippen LogP contribution in [0.15, 0.2) is 29.5 Å². The van der Waals surface area contributed by atoms with Gasteiger partial charge in [-0.3, -0.25) is 14.9 Å². The maximum Gasteiger partial charge on any atom is 0.302 e. The van der Waals surface area contributed by atoms with Gasteiger partial charge in [0.1, 0.15) is 5.02 Å². The molecule has 2 amide bonds. The number of likely N-dealkylation sites (tertiary alicyclic amines) is 1. The molecule has 1 saturated heterocycles. The first kappa shape index (κ1) is 18.6. The molecule has 0 aliphatic carbocycles. The second-order valence-corrected chi connectivity index (χ2v) is 6.06. The summed E-state index contributed by atoms with van der Waals surface area (Å²) < 4.78 is 10.3. The number of ether oxygens (including phenoxy) is 1. The van der Waals surface area contributed by atoms with E-state index >= 15 is 0 Å². The molecule has 0 unspecified atom stereocenters. The molecule has 1 aliphatic rings. The van der Waals surface area contributed by atoms with Gasteiger partial charge in [-0.15, -0.1) is 0 Å². The third-order valence-electron chi connectivity index (χ3n) is 3.85. The van der Waals surface area contributed by atoms with Crippen molar-refractivity contribution in [2.75, 3.05) is 30.8 Å². The Morgan fingerprint density at radius 1 is 1.44 bits per heavy atom. The van der Waals surface area contributed by atoms with Crippen molar-refractivity contribution in [2.45, 2.75) is 12.5 Å². The Bertz CT molecular complexity index is 870. The number of aromatic nitrogens is 3. The van der Waals surface area contributed by atoms with Gasteiger partial charge in [0.2, 0.25) is 17.6 Å². The molecule has 3 heterocycles. The molecule has 27 heavy (non-hydrogen) atoms. The average molecular weight is 393 g/mol. The van der Waals surface area contributed by atoms with Crippen LogP contribution in [0.2, 0.25) is 5.02 Å². The van der Waals surface area contributed by atoms with Gasteiger partial charge in [-0.25, -0.2) is 9.97 Å². The number of amides is 2. The molecule has 1 atom stereocenters. The topological polar surface area (TPSA) is 122 Å². The molecule has 1 aliphatic heterocycles. The van der Waals surface area contributed by atoms with E-state index < -0.39 is 5.91 Å². The molecule has 2 aromatic rings. The molecular weight excluding hydrogens is 376 g/mol. The molecule has 0 bridgehead atoms. The zero-order chi connectivity index (χ0) is 19.4. The molecule has 2 aromatic heterocycles. The van der Waals surface area contributed by atoms with E-state index in [1.54, 1.807) is 4.90 Å². The highest BCUT2D eigenvalue weighted by Crippen LogP contribution is 2.23. The summed E-state index contributed by atoms with van der Waals surface area (Å²) in [4.78, 5) is 37.5. The fourth-order valence-corrected chi connectivity index (χ4v) is 2.72. The number of hydrogen-bond acceptors (Lipinski definition) is 8. The minimum Gasteiger partial charge on any atom is -0.480 e. The van der Waals surface area contributed by atoms with Crippen molar-refractivity contribution in [1.29, 1.82) is 0 Å². The Morgan fingerprint density at radius 3 is 3.00 bits per heavy atom. The Morgan fingerprint density at radius 2 is 2.26 bits per heavy atom. The number of nitrogens with zero attached hydrogens (tertiary/aromatic N) is 4. The number of oxazole rings is 1. The van der Waals surface area contributed by atoms with Crippen molar-refractivity contribution >= 4 is 35.4 Å². The number of carbonyl (C=O) groups is 2. The molecule has 10 nitrogen and oxygen atoms in total. The van der Waals surface area contributed by atoms with Crippen LogP contribution in [0, 0.1) is 0 Å². The third-order valence-corrected chi connectivity index (χ3v) is 4.11. The van der Waals surface area contributed by atoms with E-state index in [1.807, 2.05) is 0 Å². The number of methoxy groups -OCH3 is 1. The number of anilines is 2. The standard InChI is InChI=1S/C16H17ClN6O4/c1-3-12(24)21-16-19-7-11(27-16)14(25)23-5-4-9(8-23)20-15-18-6-10(17)13(22-15)26-2/h3,6-7,9H,1,4-5,8H2,2H3,(H,18,20,22)(H,19,21,24)/t9-/m1/s1. The van der Waals surface area contributed by atoms with E-state index in [0.29, 0.717) is 30.5 Å². The van der Waals surface area contributed by atoms with Gasteiger partial charge in [0.15, 0.2) is 0 Å². The van der Waals surface area contributed by atoms with Gasteiger partial charge < -0.3 is 19.4 Å². The minimum absolute atomic E-state index is 0.0392. The van der Waals surface area contributed by atoms with Gasteiger partial charge in [0.25, 0.3) is 11.8 Å². The van der Waals surface area contributed by atoms with Crippen molar-refractivity contribution in [2.24, 2.45) is 0 Å². The van der Waals surface area contributed by atoms with Gasteiger partial charge in [-0.1, -0.05) is 18.2 Å². The van der Waals surface area contributed by atoms with Gasteiger partial charge in [0.05, 0.1) is 19.5 Å². The molecule has 3 rings (SSSR count). The normalized spacial score (nSPS) is 16.1. The largest absolute Gasteiger partial charge is 0.480 e. The maximum absolute atomic E-state index is 12.5. The molecule has 11 heteroatoms. The predicted octanol–water partition coefficient (Wildman–Crippen LogP) is 1.58. The van der Waals surface area contributed by atoms with Crippen molar-refractivity contribution in [3.05, 3.63) is 35.8 Å². The second-order valence-electron chi connectivity index (χ2n) is 5.65. The summed E-state index contributed by atoms with van der Waals surface area (Å²) in [6, 6.07) is -0.0959. The van der Waals surface area contributed by atoms with E-state index in [2.05, 4.69) is 32.2 Å². The number of halogens is 1. The van der Waals surface area contributed by atoms with Crippen LogP contribution >= 0.6 is 11.6 Å². The lowest BCUT2D eigenvalue weighted by Gasteiger charge is -2.16. The lowest BCUT2D eigenvalue weighted by molar-refractivity contribution is -0.112. The van der Waals surface area contributed by atoms with Crippen molar-refractivity contribution in [3.8, 4) is 5.88 Å². The van der Waals surface area contributed by atoms with E-state index in [9.17, 15) is 9.59 Å². The predicted molar refractivity (Wildman–Crippen MR) is 96.9 cm³/mol. The highest BCUT2D eigenvalue weighted by molar-refractivity contribution is 6.31. The van der Waals surface area contributed by atoms with E-state index in [0.717, 1.165) is 6.08 Å². The van der Waals surface area contributed by atoms with E-state index in [4.69, 9.17) is 20.8 Å². The summed E-state index contributed by atoms with van der Waals surface area (Å²) in [7, 11) is 1.47. The minimum atomic E-state index is -0.473. The van der Waals surface area contributed by atoms with E-state index in [-0.39, 0.29) is 29.6 Å². The lowest BCUT2D eigenvalue weighted by atomic mass is 10.3. The van der Waals surface area contributed by atoms with Crippen molar-refractivity contribution in [1.82, 2.24) is 19.9 Å². The fourth-order valence-electron chi connectivity index (χ4n) is 2.55. The number of rotatable bonds is 6. The summed E-state index contributed by atoms with van der Waals surface area (Å²) in [5, 5.41) is 5.82. The van der Waals surface area contributed by atoms with Crippen LogP contribution in [0.5, 0.6) is 5.88 Å². The highest BCUT2D eigenvalue weighted by Gasteiger charge is 2.29. The van der Waals surface area contributed by atoms with Gasteiger partial charge >= 0.3 is 6.01 Å². The smallest absolute Gasteiger partial charge is 0.302 e. The molecule has 0 aromatic carbocycles. The second kappa shape index (κ2) is 8.04. The van der Waals surface area contributed by atoms with Crippen LogP contribution in [0.3, 0.4) is 0 Å². The first-order valence-corrected chi connectivity index (χ1v) is 8.39. The van der Waals surface area contributed by atoms with Crippen LogP contribution in [0.1, 0.15) is 17.0 Å². The van der Waals surface area contributed by atoms with Crippen LogP contribution in [0.25, 0.3) is 0 Å². The molecule has 0 saturated carbocycles. The first-order chi connectivity index (χ1) is 13.0. The summed E-state index contributed by atoms with van der Waals surface area (Å²) in [6.07, 6.45) is 4.50. The van der Waals surface area contributed by atoms with Gasteiger partial charge in [-0.2, -0.15) is 4.98 Å². The number of carbonyl (C=O) groups excluding carboxylic acids is 2. The first-order valence-electron chi connectivity index (χ1n) is 8.01. The van der Waals surface area contributed by atoms with Gasteiger partial charge in [-0.05, 0) is 12.5 Å². The molecule has 0 radical (unpaired) electrons. The van der Waals surface area contributed by atoms with E-state index in [1.165, 1.54) is 19.5 Å². The maximum atomic E-state index is 12.5. The molecule has 1 fully saturated rings. The Kier molecular flexibility index (Phi) is 5.55. The van der Waals surface area contributed by atoms with Crippen LogP contribution < -0.4 is 15.4 Å². The molecular formula is C16H17ClN6O4. The van der Waals surface area contributed by atoms with Crippen LogP contribution in [0.4, 0.5) is 12.0 Å².